The molecular weight excluding hydrogens is 658 g/mol. The number of carboxylic acid groups (broad SMARTS) is 2. The highest BCUT2D eigenvalue weighted by Crippen LogP contribution is 2.15. The monoisotopic (exact) mass is 753 g/mol. The van der Waals surface area contributed by atoms with Crippen LogP contribution >= 0.6 is 0 Å². The molecule has 52 heavy (non-hydrogen) atoms. The van der Waals surface area contributed by atoms with Gasteiger partial charge in [0.05, 0.1) is 5.92 Å². The Kier molecular flexibility index (Phi) is 59.8. The second-order valence-corrected chi connectivity index (χ2v) is 15.6. The Morgan fingerprint density at radius 1 is 0.404 bits per heavy atom. The normalized spacial score (nSPS) is 11.2. The van der Waals surface area contributed by atoms with Gasteiger partial charge in [0.1, 0.15) is 0 Å². The molecule has 0 amide bonds. The van der Waals surface area contributed by atoms with Gasteiger partial charge in [-0.15, -0.1) is 0 Å². The molecule has 0 aromatic heterocycles. The number of rotatable bonds is 36. The van der Waals surface area contributed by atoms with Gasteiger partial charge in [0.25, 0.3) is 0 Å². The zero-order valence-corrected chi connectivity index (χ0v) is 36.0. The van der Waals surface area contributed by atoms with Crippen LogP contribution in [-0.2, 0) is 9.59 Å². The van der Waals surface area contributed by atoms with Crippen LogP contribution in [0.15, 0.2) is 0 Å². The minimum atomic E-state index is -0.933. The molecule has 0 aromatic rings. The van der Waals surface area contributed by atoms with Crippen molar-refractivity contribution in [2.75, 3.05) is 41.3 Å². The van der Waals surface area contributed by atoms with Crippen molar-refractivity contribution in [2.45, 2.75) is 226 Å². The summed E-state index contributed by atoms with van der Waals surface area (Å²) in [5.41, 5.74) is 0. The highest BCUT2D eigenvalue weighted by atomic mass is 19.0. The summed E-state index contributed by atoms with van der Waals surface area (Å²) in [6, 6.07) is 0. The SMILES string of the molecule is CCCC(CCC(=O)O)C(=O)O.CCCCCCCCCCCCCCCCN(C)C.CCCCCCCCCCCCCCCCN(C)C.F.F. The van der Waals surface area contributed by atoms with Crippen LogP contribution < -0.4 is 0 Å². The van der Waals surface area contributed by atoms with Crippen LogP contribution in [0.2, 0.25) is 0 Å². The maximum Gasteiger partial charge on any atom is 0.306 e. The first kappa shape index (κ1) is 60.0. The van der Waals surface area contributed by atoms with Crippen LogP contribution in [0.4, 0.5) is 9.41 Å². The Morgan fingerprint density at radius 2 is 0.654 bits per heavy atom. The molecule has 0 aliphatic carbocycles. The first-order valence-corrected chi connectivity index (χ1v) is 21.9. The highest BCUT2D eigenvalue weighted by Gasteiger charge is 2.17. The second-order valence-electron chi connectivity index (χ2n) is 15.6. The van der Waals surface area contributed by atoms with E-state index in [1.165, 1.54) is 193 Å². The quantitative estimate of drug-likeness (QED) is 0.0620. The van der Waals surface area contributed by atoms with Crippen LogP contribution in [-0.4, -0.2) is 73.2 Å². The fourth-order valence-electron chi connectivity index (χ4n) is 6.28. The van der Waals surface area contributed by atoms with Crippen molar-refractivity contribution in [1.29, 1.82) is 0 Å². The molecule has 8 heteroatoms. The number of unbranched alkanes of at least 4 members (excludes halogenated alkanes) is 26. The lowest BCUT2D eigenvalue weighted by molar-refractivity contribution is -0.143. The summed E-state index contributed by atoms with van der Waals surface area (Å²) in [5, 5.41) is 16.9. The van der Waals surface area contributed by atoms with Gasteiger partial charge >= 0.3 is 11.9 Å². The van der Waals surface area contributed by atoms with Gasteiger partial charge in [-0.25, -0.2) is 0 Å². The van der Waals surface area contributed by atoms with Gasteiger partial charge in [-0.3, -0.25) is 19.0 Å². The smallest absolute Gasteiger partial charge is 0.306 e. The van der Waals surface area contributed by atoms with Gasteiger partial charge in [-0.05, 0) is 67.0 Å². The highest BCUT2D eigenvalue weighted by molar-refractivity contribution is 5.72. The molecule has 318 valence electrons. The maximum atomic E-state index is 10.5. The van der Waals surface area contributed by atoms with Gasteiger partial charge in [0.15, 0.2) is 0 Å². The van der Waals surface area contributed by atoms with E-state index >= 15 is 0 Å². The second kappa shape index (κ2) is 51.8. The molecule has 1 unspecified atom stereocenters. The fourth-order valence-corrected chi connectivity index (χ4v) is 6.28. The van der Waals surface area contributed by atoms with Crippen molar-refractivity contribution in [3.63, 3.8) is 0 Å². The number of hydrogen-bond donors (Lipinski definition) is 2. The van der Waals surface area contributed by atoms with E-state index in [4.69, 9.17) is 10.2 Å². The van der Waals surface area contributed by atoms with Gasteiger partial charge in [0.2, 0.25) is 0 Å². The van der Waals surface area contributed by atoms with E-state index in [1.807, 2.05) is 6.92 Å². The number of halogens is 2. The van der Waals surface area contributed by atoms with E-state index in [2.05, 4.69) is 51.8 Å². The molecule has 0 aliphatic rings. The molecule has 0 bridgehead atoms. The zero-order chi connectivity index (χ0) is 37.9. The van der Waals surface area contributed by atoms with E-state index in [0.29, 0.717) is 6.42 Å². The summed E-state index contributed by atoms with van der Waals surface area (Å²) in [4.78, 5) is 25.2. The fraction of sp³-hybridized carbons (Fsp3) is 0.955. The van der Waals surface area contributed by atoms with Crippen molar-refractivity contribution in [2.24, 2.45) is 5.92 Å². The molecule has 2 N–H and O–H groups in total. The van der Waals surface area contributed by atoms with Crippen LogP contribution in [0.5, 0.6) is 0 Å². The standard InChI is InChI=1S/2C18H39N.C8H14O4.2FH/c2*1-4-5-6-7-8-9-10-11-12-13-14-15-16-17-18-19(2)3;1-2-3-6(8(11)12)4-5-7(9)10;;/h2*4-18H2,1-3H3;6H,2-5H2,1H3,(H,9,10)(H,11,12);2*1H. The van der Waals surface area contributed by atoms with Crippen LogP contribution in [0, 0.1) is 5.92 Å². The van der Waals surface area contributed by atoms with E-state index in [0.717, 1.165) is 6.42 Å². The largest absolute Gasteiger partial charge is 0.481 e. The molecule has 0 radical (unpaired) electrons. The Labute approximate surface area is 323 Å². The molecule has 0 fully saturated rings. The average Bonchev–Trinajstić information content (AvgIpc) is 3.07. The van der Waals surface area contributed by atoms with Gasteiger partial charge in [-0.1, -0.05) is 194 Å². The third-order valence-corrected chi connectivity index (χ3v) is 9.61. The van der Waals surface area contributed by atoms with Crippen LogP contribution in [0.3, 0.4) is 0 Å². The summed E-state index contributed by atoms with van der Waals surface area (Å²) in [5.74, 6) is -2.32. The van der Waals surface area contributed by atoms with Gasteiger partial charge in [0, 0.05) is 6.42 Å². The summed E-state index contributed by atoms with van der Waals surface area (Å²) in [7, 11) is 8.68. The number of hydrogen-bond acceptors (Lipinski definition) is 4. The van der Waals surface area contributed by atoms with Crippen LogP contribution in [0.25, 0.3) is 0 Å². The Bertz CT molecular complexity index is 632. The average molecular weight is 753 g/mol. The van der Waals surface area contributed by atoms with Crippen molar-refractivity contribution < 1.29 is 29.2 Å². The Balaban J connectivity index is -0.000000214. The molecule has 0 rings (SSSR count). The number of nitrogens with zero attached hydrogens (tertiary/aromatic N) is 2. The molecule has 0 spiro atoms. The molecule has 0 aliphatic heterocycles. The van der Waals surface area contributed by atoms with Gasteiger partial charge in [-0.2, -0.15) is 0 Å². The van der Waals surface area contributed by atoms with Crippen LogP contribution in [0.1, 0.15) is 226 Å². The minimum absolute atomic E-state index is 0. The van der Waals surface area contributed by atoms with Crippen molar-refractivity contribution in [3.05, 3.63) is 0 Å². The third-order valence-electron chi connectivity index (χ3n) is 9.61. The number of carboxylic acids is 2. The minimum Gasteiger partial charge on any atom is -0.481 e. The lowest BCUT2D eigenvalue weighted by atomic mass is 9.98. The lowest BCUT2D eigenvalue weighted by Gasteiger charge is -2.08. The summed E-state index contributed by atoms with van der Waals surface area (Å²) in [6.45, 7) is 8.99. The van der Waals surface area contributed by atoms with Crippen molar-refractivity contribution >= 4 is 11.9 Å². The molecular formula is C44H94F2N2O4. The number of aliphatic carboxylic acids is 2. The molecule has 0 heterocycles. The molecule has 1 atom stereocenters. The summed E-state index contributed by atoms with van der Waals surface area (Å²) >= 11 is 0. The zero-order valence-electron chi connectivity index (χ0n) is 36.0. The molecule has 0 aromatic carbocycles. The predicted molar refractivity (Wildman–Crippen MR) is 226 cm³/mol. The molecule has 0 saturated heterocycles. The first-order chi connectivity index (χ1) is 24.1. The molecule has 6 nitrogen and oxygen atoms in total. The number of carbonyl (C=O) groups is 2. The van der Waals surface area contributed by atoms with E-state index in [9.17, 15) is 9.59 Å². The topological polar surface area (TPSA) is 81.1 Å². The Hall–Kier alpha value is -1.28. The van der Waals surface area contributed by atoms with Gasteiger partial charge < -0.3 is 20.0 Å². The summed E-state index contributed by atoms with van der Waals surface area (Å²) < 4.78 is 0. The van der Waals surface area contributed by atoms with E-state index in [-0.39, 0.29) is 22.3 Å². The van der Waals surface area contributed by atoms with E-state index in [1.54, 1.807) is 0 Å². The first-order valence-electron chi connectivity index (χ1n) is 21.9. The predicted octanol–water partition coefficient (Wildman–Crippen LogP) is 13.7. The summed E-state index contributed by atoms with van der Waals surface area (Å²) in [6.07, 6.45) is 42.1. The Morgan fingerprint density at radius 3 is 0.846 bits per heavy atom. The van der Waals surface area contributed by atoms with Crippen molar-refractivity contribution in [3.8, 4) is 0 Å². The third kappa shape index (κ3) is 60.8. The maximum absolute atomic E-state index is 10.5. The van der Waals surface area contributed by atoms with E-state index < -0.39 is 17.9 Å². The lowest BCUT2D eigenvalue weighted by Crippen LogP contribution is -2.14. The molecule has 0 saturated carbocycles. The van der Waals surface area contributed by atoms with Crippen molar-refractivity contribution in [1.82, 2.24) is 9.80 Å².